The highest BCUT2D eigenvalue weighted by Gasteiger charge is 2.06. The molecule has 1 nitrogen and oxygen atoms in total. The summed E-state index contributed by atoms with van der Waals surface area (Å²) < 4.78 is 0. The first-order valence-corrected chi connectivity index (χ1v) is 3.84. The lowest BCUT2D eigenvalue weighted by Gasteiger charge is -2.00. The number of halogens is 1. The van der Waals surface area contributed by atoms with Gasteiger partial charge in [0.15, 0.2) is 0 Å². The van der Waals surface area contributed by atoms with Crippen molar-refractivity contribution in [3.8, 4) is 0 Å². The maximum atomic E-state index is 5.91. The lowest BCUT2D eigenvalue weighted by atomic mass is 10.1. The van der Waals surface area contributed by atoms with Crippen LogP contribution in [0.5, 0.6) is 0 Å². The second-order valence-electron chi connectivity index (χ2n) is 2.87. The van der Waals surface area contributed by atoms with E-state index < -0.39 is 0 Å². The molecule has 10 heavy (non-hydrogen) atoms. The van der Waals surface area contributed by atoms with Crippen molar-refractivity contribution in [3.05, 3.63) is 22.5 Å². The van der Waals surface area contributed by atoms with Crippen LogP contribution in [0.25, 0.3) is 0 Å². The Hall–Kier alpha value is -0.430. The topological polar surface area (TPSA) is 15.8 Å². The molecular weight excluding hydrogens is 146 g/mol. The molecule has 1 heterocycles. The molecule has 0 aromatic carbocycles. The molecule has 0 bridgehead atoms. The Morgan fingerprint density at radius 1 is 1.50 bits per heavy atom. The minimum absolute atomic E-state index is 0.487. The Labute approximate surface area is 66.4 Å². The fourth-order valence-electron chi connectivity index (χ4n) is 0.996. The highest BCUT2D eigenvalue weighted by Crippen LogP contribution is 2.23. The van der Waals surface area contributed by atoms with Crippen LogP contribution in [0.4, 0.5) is 0 Å². The number of hydrogen-bond acceptors (Lipinski definition) is 0. The average molecular weight is 158 g/mol. The van der Waals surface area contributed by atoms with Crippen molar-refractivity contribution in [1.82, 2.24) is 4.98 Å². The third-order valence-electron chi connectivity index (χ3n) is 1.51. The minimum Gasteiger partial charge on any atom is -0.361 e. The van der Waals surface area contributed by atoms with Gasteiger partial charge in [-0.1, -0.05) is 25.4 Å². The molecule has 0 aliphatic rings. The SMILES string of the molecule is Cc1cc(Cl)c(C(C)C)[nH]1. The molecule has 0 fully saturated rings. The third-order valence-corrected chi connectivity index (χ3v) is 1.82. The second-order valence-corrected chi connectivity index (χ2v) is 3.28. The van der Waals surface area contributed by atoms with Crippen molar-refractivity contribution in [2.24, 2.45) is 0 Å². The zero-order chi connectivity index (χ0) is 7.72. The van der Waals surface area contributed by atoms with Crippen molar-refractivity contribution in [2.45, 2.75) is 26.7 Å². The van der Waals surface area contributed by atoms with Gasteiger partial charge < -0.3 is 4.98 Å². The largest absolute Gasteiger partial charge is 0.361 e. The number of rotatable bonds is 1. The summed E-state index contributed by atoms with van der Waals surface area (Å²) in [5, 5.41) is 0.854. The zero-order valence-corrected chi connectivity index (χ0v) is 7.29. The summed E-state index contributed by atoms with van der Waals surface area (Å²) in [4.78, 5) is 3.21. The van der Waals surface area contributed by atoms with E-state index in [1.807, 2.05) is 13.0 Å². The van der Waals surface area contributed by atoms with Crippen LogP contribution in [0.2, 0.25) is 5.02 Å². The summed E-state index contributed by atoms with van der Waals surface area (Å²) in [5.41, 5.74) is 2.27. The molecule has 0 aliphatic heterocycles. The average Bonchev–Trinajstić information content (AvgIpc) is 2.10. The van der Waals surface area contributed by atoms with Gasteiger partial charge in [-0.05, 0) is 18.9 Å². The summed E-state index contributed by atoms with van der Waals surface area (Å²) in [7, 11) is 0. The predicted octanol–water partition coefficient (Wildman–Crippen LogP) is 3.10. The van der Waals surface area contributed by atoms with Crippen molar-refractivity contribution in [3.63, 3.8) is 0 Å². The summed E-state index contributed by atoms with van der Waals surface area (Å²) in [6.45, 7) is 6.26. The minimum atomic E-state index is 0.487. The lowest BCUT2D eigenvalue weighted by Crippen LogP contribution is -1.87. The molecule has 1 rings (SSSR count). The van der Waals surface area contributed by atoms with E-state index in [2.05, 4.69) is 18.8 Å². The van der Waals surface area contributed by atoms with Gasteiger partial charge >= 0.3 is 0 Å². The van der Waals surface area contributed by atoms with Crippen LogP contribution < -0.4 is 0 Å². The first kappa shape index (κ1) is 7.67. The van der Waals surface area contributed by atoms with E-state index in [-0.39, 0.29) is 0 Å². The number of aromatic amines is 1. The molecule has 1 aromatic heterocycles. The van der Waals surface area contributed by atoms with Crippen LogP contribution in [-0.4, -0.2) is 4.98 Å². The molecule has 0 atom stereocenters. The van der Waals surface area contributed by atoms with Crippen molar-refractivity contribution >= 4 is 11.6 Å². The van der Waals surface area contributed by atoms with Crippen LogP contribution in [-0.2, 0) is 0 Å². The molecule has 1 aromatic rings. The normalized spacial score (nSPS) is 10.9. The maximum absolute atomic E-state index is 5.91. The second kappa shape index (κ2) is 2.67. The van der Waals surface area contributed by atoms with E-state index >= 15 is 0 Å². The Kier molecular flexibility index (Phi) is 2.05. The summed E-state index contributed by atoms with van der Waals surface area (Å²) in [6, 6.07) is 1.96. The van der Waals surface area contributed by atoms with E-state index in [0.717, 1.165) is 16.4 Å². The van der Waals surface area contributed by atoms with E-state index in [1.165, 1.54) is 0 Å². The third kappa shape index (κ3) is 1.35. The van der Waals surface area contributed by atoms with Gasteiger partial charge in [-0.25, -0.2) is 0 Å². The number of nitrogens with one attached hydrogen (secondary N) is 1. The molecular formula is C8H12ClN. The molecule has 0 saturated heterocycles. The quantitative estimate of drug-likeness (QED) is 0.645. The molecule has 0 spiro atoms. The first-order valence-electron chi connectivity index (χ1n) is 3.46. The van der Waals surface area contributed by atoms with E-state index in [4.69, 9.17) is 11.6 Å². The fraction of sp³-hybridized carbons (Fsp3) is 0.500. The van der Waals surface area contributed by atoms with Crippen LogP contribution in [0.15, 0.2) is 6.07 Å². The van der Waals surface area contributed by atoms with Gasteiger partial charge in [-0.2, -0.15) is 0 Å². The van der Waals surface area contributed by atoms with Crippen molar-refractivity contribution in [1.29, 1.82) is 0 Å². The smallest absolute Gasteiger partial charge is 0.0618 e. The van der Waals surface area contributed by atoms with Crippen molar-refractivity contribution in [2.75, 3.05) is 0 Å². The fourth-order valence-corrected chi connectivity index (χ4v) is 1.43. The highest BCUT2D eigenvalue weighted by atomic mass is 35.5. The number of hydrogen-bond donors (Lipinski definition) is 1. The van der Waals surface area contributed by atoms with Gasteiger partial charge in [0, 0.05) is 11.4 Å². The van der Waals surface area contributed by atoms with Gasteiger partial charge in [0.05, 0.1) is 5.02 Å². The number of aromatic nitrogens is 1. The molecule has 56 valence electrons. The summed E-state index contributed by atoms with van der Waals surface area (Å²) in [6.07, 6.45) is 0. The Balaban J connectivity index is 3.03. The van der Waals surface area contributed by atoms with Crippen LogP contribution in [0.3, 0.4) is 0 Å². The van der Waals surface area contributed by atoms with E-state index in [9.17, 15) is 0 Å². The van der Waals surface area contributed by atoms with Gasteiger partial charge in [-0.15, -0.1) is 0 Å². The van der Waals surface area contributed by atoms with Gasteiger partial charge in [0.2, 0.25) is 0 Å². The predicted molar refractivity (Wildman–Crippen MR) is 44.6 cm³/mol. The zero-order valence-electron chi connectivity index (χ0n) is 6.53. The number of aryl methyl sites for hydroxylation is 1. The van der Waals surface area contributed by atoms with Gasteiger partial charge in [0.25, 0.3) is 0 Å². The standard InChI is InChI=1S/C8H12ClN/c1-5(2)8-7(9)4-6(3)10-8/h4-5,10H,1-3H3. The monoisotopic (exact) mass is 157 g/mol. The Morgan fingerprint density at radius 2 is 2.10 bits per heavy atom. The highest BCUT2D eigenvalue weighted by molar-refractivity contribution is 6.31. The Bertz CT molecular complexity index is 225. The van der Waals surface area contributed by atoms with Crippen LogP contribution >= 0.6 is 11.6 Å². The van der Waals surface area contributed by atoms with Crippen LogP contribution in [0, 0.1) is 6.92 Å². The Morgan fingerprint density at radius 3 is 2.30 bits per heavy atom. The summed E-state index contributed by atoms with van der Waals surface area (Å²) >= 11 is 5.91. The molecule has 0 radical (unpaired) electrons. The molecule has 2 heteroatoms. The lowest BCUT2D eigenvalue weighted by molar-refractivity contribution is 0.829. The summed E-state index contributed by atoms with van der Waals surface area (Å²) in [5.74, 6) is 0.487. The molecule has 0 saturated carbocycles. The van der Waals surface area contributed by atoms with E-state index in [0.29, 0.717) is 5.92 Å². The molecule has 0 amide bonds. The number of H-pyrrole nitrogens is 1. The molecule has 0 aliphatic carbocycles. The molecule has 1 N–H and O–H groups in total. The first-order chi connectivity index (χ1) is 4.61. The molecule has 0 unspecified atom stereocenters. The maximum Gasteiger partial charge on any atom is 0.0618 e. The van der Waals surface area contributed by atoms with Gasteiger partial charge in [0.1, 0.15) is 0 Å². The van der Waals surface area contributed by atoms with E-state index in [1.54, 1.807) is 0 Å². The van der Waals surface area contributed by atoms with Crippen molar-refractivity contribution < 1.29 is 0 Å². The van der Waals surface area contributed by atoms with Crippen LogP contribution in [0.1, 0.15) is 31.2 Å². The van der Waals surface area contributed by atoms with Gasteiger partial charge in [-0.3, -0.25) is 0 Å².